The van der Waals surface area contributed by atoms with Crippen molar-refractivity contribution in [3.05, 3.63) is 57.6 Å². The summed E-state index contributed by atoms with van der Waals surface area (Å²) in [4.78, 5) is 12.2. The minimum Gasteiger partial charge on any atom is -0.493 e. The van der Waals surface area contributed by atoms with E-state index < -0.39 is 0 Å². The van der Waals surface area contributed by atoms with Crippen LogP contribution >= 0.6 is 23.2 Å². The summed E-state index contributed by atoms with van der Waals surface area (Å²) in [7, 11) is 3.12. The van der Waals surface area contributed by atoms with E-state index in [1.165, 1.54) is 6.07 Å². The first-order chi connectivity index (χ1) is 10.6. The van der Waals surface area contributed by atoms with Gasteiger partial charge < -0.3 is 14.8 Å². The van der Waals surface area contributed by atoms with E-state index >= 15 is 0 Å². The first kappa shape index (κ1) is 16.5. The van der Waals surface area contributed by atoms with Crippen molar-refractivity contribution in [2.45, 2.75) is 6.54 Å². The van der Waals surface area contributed by atoms with Crippen LogP contribution in [0.4, 0.5) is 0 Å². The summed E-state index contributed by atoms with van der Waals surface area (Å²) in [5, 5.41) is 3.56. The van der Waals surface area contributed by atoms with Crippen molar-refractivity contribution in [3.8, 4) is 11.5 Å². The Hall–Kier alpha value is -1.91. The summed E-state index contributed by atoms with van der Waals surface area (Å²) in [5.74, 6) is 0.965. The lowest BCUT2D eigenvalue weighted by molar-refractivity contribution is 0.0950. The monoisotopic (exact) mass is 339 g/mol. The minimum absolute atomic E-state index is 0.247. The highest BCUT2D eigenvalue weighted by Crippen LogP contribution is 2.30. The van der Waals surface area contributed by atoms with Gasteiger partial charge in [0.25, 0.3) is 5.91 Å². The molecule has 4 nitrogen and oxygen atoms in total. The minimum atomic E-state index is -0.247. The van der Waals surface area contributed by atoms with Gasteiger partial charge in [0.05, 0.1) is 24.3 Å². The molecule has 0 saturated carbocycles. The Kier molecular flexibility index (Phi) is 5.52. The molecule has 1 N–H and O–H groups in total. The van der Waals surface area contributed by atoms with Crippen LogP contribution < -0.4 is 14.8 Å². The molecule has 2 aromatic carbocycles. The fourth-order valence-corrected chi connectivity index (χ4v) is 2.31. The van der Waals surface area contributed by atoms with E-state index in [0.717, 1.165) is 5.56 Å². The SMILES string of the molecule is COc1cccc(CNC(=O)c2ccc(Cl)c(Cl)c2)c1OC. The average molecular weight is 340 g/mol. The van der Waals surface area contributed by atoms with E-state index in [4.69, 9.17) is 32.7 Å². The van der Waals surface area contributed by atoms with E-state index in [9.17, 15) is 4.79 Å². The number of benzene rings is 2. The van der Waals surface area contributed by atoms with Crippen molar-refractivity contribution in [1.29, 1.82) is 0 Å². The molecule has 0 aliphatic rings. The summed E-state index contributed by atoms with van der Waals surface area (Å²) in [6.07, 6.45) is 0. The van der Waals surface area contributed by atoms with Crippen molar-refractivity contribution >= 4 is 29.1 Å². The second-order valence-electron chi connectivity index (χ2n) is 4.46. The molecule has 2 rings (SSSR count). The van der Waals surface area contributed by atoms with Gasteiger partial charge in [0.1, 0.15) is 0 Å². The topological polar surface area (TPSA) is 47.6 Å². The Morgan fingerprint density at radius 3 is 2.50 bits per heavy atom. The first-order valence-corrected chi connectivity index (χ1v) is 7.25. The number of halogens is 2. The van der Waals surface area contributed by atoms with Gasteiger partial charge in [0, 0.05) is 17.7 Å². The number of carbonyl (C=O) groups is 1. The van der Waals surface area contributed by atoms with Gasteiger partial charge in [-0.25, -0.2) is 0 Å². The van der Waals surface area contributed by atoms with Crippen LogP contribution in [0.25, 0.3) is 0 Å². The van der Waals surface area contributed by atoms with Gasteiger partial charge in [0.2, 0.25) is 0 Å². The zero-order valence-corrected chi connectivity index (χ0v) is 13.7. The molecule has 6 heteroatoms. The molecule has 0 aliphatic heterocycles. The number of hydrogen-bond acceptors (Lipinski definition) is 3. The average Bonchev–Trinajstić information content (AvgIpc) is 2.54. The van der Waals surface area contributed by atoms with Crippen LogP contribution in [-0.4, -0.2) is 20.1 Å². The number of carbonyl (C=O) groups excluding carboxylic acids is 1. The summed E-state index contributed by atoms with van der Waals surface area (Å²) in [6, 6.07) is 10.2. The van der Waals surface area contributed by atoms with Crippen molar-refractivity contribution < 1.29 is 14.3 Å². The van der Waals surface area contributed by atoms with E-state index in [0.29, 0.717) is 33.7 Å². The number of amides is 1. The van der Waals surface area contributed by atoms with E-state index in [-0.39, 0.29) is 5.91 Å². The maximum absolute atomic E-state index is 12.2. The number of hydrogen-bond donors (Lipinski definition) is 1. The van der Waals surface area contributed by atoms with E-state index in [1.807, 2.05) is 12.1 Å². The van der Waals surface area contributed by atoms with Crippen LogP contribution in [-0.2, 0) is 6.54 Å². The molecule has 2 aromatic rings. The Morgan fingerprint density at radius 1 is 1.09 bits per heavy atom. The second kappa shape index (κ2) is 7.38. The molecule has 0 bridgehead atoms. The Labute approximate surface area is 138 Å². The van der Waals surface area contributed by atoms with Crippen molar-refractivity contribution in [2.24, 2.45) is 0 Å². The van der Waals surface area contributed by atoms with E-state index in [1.54, 1.807) is 32.4 Å². The van der Waals surface area contributed by atoms with Crippen LogP contribution in [0.3, 0.4) is 0 Å². The van der Waals surface area contributed by atoms with Gasteiger partial charge in [-0.2, -0.15) is 0 Å². The fraction of sp³-hybridized carbons (Fsp3) is 0.188. The third-order valence-electron chi connectivity index (χ3n) is 3.11. The Bertz CT molecular complexity index is 689. The zero-order chi connectivity index (χ0) is 16.1. The van der Waals surface area contributed by atoms with Crippen LogP contribution in [0.1, 0.15) is 15.9 Å². The lowest BCUT2D eigenvalue weighted by Crippen LogP contribution is -2.23. The molecule has 116 valence electrons. The van der Waals surface area contributed by atoms with Gasteiger partial charge in [-0.1, -0.05) is 35.3 Å². The lowest BCUT2D eigenvalue weighted by Gasteiger charge is -2.13. The van der Waals surface area contributed by atoms with Gasteiger partial charge in [-0.15, -0.1) is 0 Å². The molecule has 0 atom stereocenters. The second-order valence-corrected chi connectivity index (χ2v) is 5.28. The summed E-state index contributed by atoms with van der Waals surface area (Å²) < 4.78 is 10.6. The third kappa shape index (κ3) is 3.64. The normalized spacial score (nSPS) is 10.2. The predicted molar refractivity (Wildman–Crippen MR) is 87.2 cm³/mol. The van der Waals surface area contributed by atoms with Crippen molar-refractivity contribution in [3.63, 3.8) is 0 Å². The zero-order valence-electron chi connectivity index (χ0n) is 12.2. The van der Waals surface area contributed by atoms with Gasteiger partial charge in [0.15, 0.2) is 11.5 Å². The van der Waals surface area contributed by atoms with Crippen molar-refractivity contribution in [1.82, 2.24) is 5.32 Å². The molecule has 1 amide bonds. The van der Waals surface area contributed by atoms with Gasteiger partial charge >= 0.3 is 0 Å². The molecule has 0 aromatic heterocycles. The van der Waals surface area contributed by atoms with Gasteiger partial charge in [-0.3, -0.25) is 4.79 Å². The van der Waals surface area contributed by atoms with Crippen LogP contribution in [0, 0.1) is 0 Å². The quantitative estimate of drug-likeness (QED) is 0.897. The molecular formula is C16H15Cl2NO3. The van der Waals surface area contributed by atoms with Gasteiger partial charge in [-0.05, 0) is 24.3 Å². The van der Waals surface area contributed by atoms with Crippen LogP contribution in [0.2, 0.25) is 10.0 Å². The highest BCUT2D eigenvalue weighted by molar-refractivity contribution is 6.42. The standard InChI is InChI=1S/C16H15Cl2NO3/c1-21-14-5-3-4-11(15(14)22-2)9-19-16(20)10-6-7-12(17)13(18)8-10/h3-8H,9H2,1-2H3,(H,19,20). The first-order valence-electron chi connectivity index (χ1n) is 6.50. The predicted octanol–water partition coefficient (Wildman–Crippen LogP) is 3.94. The molecule has 0 unspecified atom stereocenters. The molecule has 0 heterocycles. The summed E-state index contributed by atoms with van der Waals surface area (Å²) in [5.41, 5.74) is 1.26. The smallest absolute Gasteiger partial charge is 0.251 e. The molecular weight excluding hydrogens is 325 g/mol. The van der Waals surface area contributed by atoms with E-state index in [2.05, 4.69) is 5.32 Å². The highest BCUT2D eigenvalue weighted by atomic mass is 35.5. The Morgan fingerprint density at radius 2 is 1.86 bits per heavy atom. The molecule has 22 heavy (non-hydrogen) atoms. The lowest BCUT2D eigenvalue weighted by atomic mass is 10.1. The van der Waals surface area contributed by atoms with Crippen LogP contribution in [0.15, 0.2) is 36.4 Å². The number of para-hydroxylation sites is 1. The number of nitrogens with one attached hydrogen (secondary N) is 1. The van der Waals surface area contributed by atoms with Crippen molar-refractivity contribution in [2.75, 3.05) is 14.2 Å². The number of ether oxygens (including phenoxy) is 2. The van der Waals surface area contributed by atoms with Crippen LogP contribution in [0.5, 0.6) is 11.5 Å². The number of rotatable bonds is 5. The molecule has 0 fully saturated rings. The highest BCUT2D eigenvalue weighted by Gasteiger charge is 2.12. The molecule has 0 saturated heterocycles. The summed E-state index contributed by atoms with van der Waals surface area (Å²) >= 11 is 11.8. The Balaban J connectivity index is 2.12. The fourth-order valence-electron chi connectivity index (χ4n) is 2.01. The molecule has 0 spiro atoms. The maximum Gasteiger partial charge on any atom is 0.251 e. The number of methoxy groups -OCH3 is 2. The largest absolute Gasteiger partial charge is 0.493 e. The maximum atomic E-state index is 12.2. The molecule has 0 aliphatic carbocycles. The summed E-state index contributed by atoms with van der Waals surface area (Å²) in [6.45, 7) is 0.305. The molecule has 0 radical (unpaired) electrons. The third-order valence-corrected chi connectivity index (χ3v) is 3.84.